The van der Waals surface area contributed by atoms with Crippen LogP contribution in [0, 0.1) is 5.92 Å². The molecule has 0 bridgehead atoms. The van der Waals surface area contributed by atoms with Crippen molar-refractivity contribution in [3.05, 3.63) is 114 Å². The predicted octanol–water partition coefficient (Wildman–Crippen LogP) is 7.75. The van der Waals surface area contributed by atoms with Crippen LogP contribution < -0.4 is 15.8 Å². The van der Waals surface area contributed by atoms with E-state index < -0.39 is 0 Å². The average Bonchev–Trinajstić information content (AvgIpc) is 3.45. The molecular formula is C32H29N3O2S. The summed E-state index contributed by atoms with van der Waals surface area (Å²) >= 11 is 1.51. The third-order valence-electron chi connectivity index (χ3n) is 6.26. The second-order valence-corrected chi connectivity index (χ2v) is 10.4. The fourth-order valence-corrected chi connectivity index (χ4v) is 5.37. The summed E-state index contributed by atoms with van der Waals surface area (Å²) < 4.78 is 0. The zero-order chi connectivity index (χ0) is 26.5. The second-order valence-electron chi connectivity index (χ2n) is 9.53. The largest absolute Gasteiger partial charge is 0.340 e. The number of amides is 3. The topological polar surface area (TPSA) is 61.4 Å². The fourth-order valence-electron chi connectivity index (χ4n) is 4.44. The molecule has 1 aromatic heterocycles. The number of hydrogen-bond donors (Lipinski definition) is 2. The summed E-state index contributed by atoms with van der Waals surface area (Å²) in [5.74, 6) is -0.124. The lowest BCUT2D eigenvalue weighted by Crippen LogP contribution is -2.50. The lowest BCUT2D eigenvalue weighted by Gasteiger charge is -2.25. The van der Waals surface area contributed by atoms with Crippen molar-refractivity contribution in [1.82, 2.24) is 10.9 Å². The molecule has 0 aliphatic carbocycles. The van der Waals surface area contributed by atoms with Gasteiger partial charge in [0.15, 0.2) is 0 Å². The van der Waals surface area contributed by atoms with Gasteiger partial charge in [-0.05, 0) is 51.6 Å². The first kappa shape index (κ1) is 25.2. The van der Waals surface area contributed by atoms with Crippen molar-refractivity contribution in [2.45, 2.75) is 13.8 Å². The summed E-state index contributed by atoms with van der Waals surface area (Å²) in [6.07, 6.45) is 0. The minimum atomic E-state index is -0.387. The summed E-state index contributed by atoms with van der Waals surface area (Å²) in [5, 5.41) is 4.10. The first-order valence-electron chi connectivity index (χ1n) is 12.6. The molecule has 38 heavy (non-hydrogen) atoms. The van der Waals surface area contributed by atoms with Gasteiger partial charge in [0.25, 0.3) is 5.91 Å². The standard InChI is InChI=1S/C32H29N3O2S/c1-22(2)20-35(27-15-8-14-25(18-27)23-10-4-3-5-11-23)32(37)34-33-31(36)26-19-30(38-21-26)29-17-9-13-24-12-6-7-16-28(24)29/h3-19,21-22H,20H2,1-2H3,(H,33,36)(H,34,37). The molecule has 0 unspecified atom stereocenters. The van der Waals surface area contributed by atoms with Crippen molar-refractivity contribution >= 4 is 39.7 Å². The Morgan fingerprint density at radius 1 is 0.789 bits per heavy atom. The van der Waals surface area contributed by atoms with Gasteiger partial charge in [0.2, 0.25) is 0 Å². The van der Waals surface area contributed by atoms with Gasteiger partial charge in [-0.15, -0.1) is 11.3 Å². The van der Waals surface area contributed by atoms with Crippen LogP contribution in [0.2, 0.25) is 0 Å². The van der Waals surface area contributed by atoms with Crippen molar-refractivity contribution in [2.24, 2.45) is 5.92 Å². The van der Waals surface area contributed by atoms with Crippen molar-refractivity contribution in [3.63, 3.8) is 0 Å². The monoisotopic (exact) mass is 519 g/mol. The van der Waals surface area contributed by atoms with Crippen LogP contribution in [0.15, 0.2) is 109 Å². The van der Waals surface area contributed by atoms with Crippen LogP contribution in [0.1, 0.15) is 24.2 Å². The van der Waals surface area contributed by atoms with Crippen molar-refractivity contribution in [3.8, 4) is 21.6 Å². The molecule has 0 saturated carbocycles. The number of anilines is 1. The van der Waals surface area contributed by atoms with Crippen LogP contribution in [0.25, 0.3) is 32.3 Å². The van der Waals surface area contributed by atoms with E-state index in [-0.39, 0.29) is 17.9 Å². The molecule has 1 heterocycles. The normalized spacial score (nSPS) is 10.9. The van der Waals surface area contributed by atoms with E-state index in [2.05, 4.69) is 49.0 Å². The maximum absolute atomic E-state index is 13.2. The highest BCUT2D eigenvalue weighted by atomic mass is 32.1. The molecular weight excluding hydrogens is 490 g/mol. The van der Waals surface area contributed by atoms with Crippen LogP contribution in [0.4, 0.5) is 10.5 Å². The Hall–Kier alpha value is -4.42. The van der Waals surface area contributed by atoms with E-state index >= 15 is 0 Å². The highest BCUT2D eigenvalue weighted by Crippen LogP contribution is 2.33. The van der Waals surface area contributed by atoms with E-state index in [4.69, 9.17) is 0 Å². The zero-order valence-electron chi connectivity index (χ0n) is 21.3. The molecule has 0 saturated heterocycles. The highest BCUT2D eigenvalue weighted by Gasteiger charge is 2.19. The predicted molar refractivity (Wildman–Crippen MR) is 157 cm³/mol. The summed E-state index contributed by atoms with van der Waals surface area (Å²) in [5.41, 5.74) is 9.65. The van der Waals surface area contributed by atoms with Gasteiger partial charge in [-0.1, -0.05) is 98.8 Å². The third kappa shape index (κ3) is 5.61. The van der Waals surface area contributed by atoms with Crippen LogP contribution >= 0.6 is 11.3 Å². The Morgan fingerprint density at radius 3 is 2.32 bits per heavy atom. The highest BCUT2D eigenvalue weighted by molar-refractivity contribution is 7.14. The van der Waals surface area contributed by atoms with E-state index in [1.54, 1.807) is 4.90 Å². The molecule has 5 nitrogen and oxygen atoms in total. The number of nitrogens with zero attached hydrogens (tertiary/aromatic N) is 1. The molecule has 0 atom stereocenters. The van der Waals surface area contributed by atoms with Crippen molar-refractivity contribution < 1.29 is 9.59 Å². The number of benzene rings is 4. The Kier molecular flexibility index (Phi) is 7.52. The van der Waals surface area contributed by atoms with Gasteiger partial charge < -0.3 is 0 Å². The van der Waals surface area contributed by atoms with E-state index in [1.807, 2.05) is 84.2 Å². The van der Waals surface area contributed by atoms with Gasteiger partial charge in [0, 0.05) is 22.5 Å². The number of hydrogen-bond acceptors (Lipinski definition) is 3. The first-order valence-corrected chi connectivity index (χ1v) is 13.5. The fraction of sp³-hybridized carbons (Fsp3) is 0.125. The smallest absolute Gasteiger partial charge is 0.293 e. The number of fused-ring (bicyclic) bond motifs is 1. The quantitative estimate of drug-likeness (QED) is 0.225. The molecule has 5 aromatic rings. The van der Waals surface area contributed by atoms with Gasteiger partial charge in [0.1, 0.15) is 0 Å². The van der Waals surface area contributed by atoms with Gasteiger partial charge in [-0.2, -0.15) is 0 Å². The Bertz CT molecular complexity index is 1570. The van der Waals surface area contributed by atoms with Crippen molar-refractivity contribution in [2.75, 3.05) is 11.4 Å². The van der Waals surface area contributed by atoms with Crippen LogP contribution in [-0.4, -0.2) is 18.5 Å². The molecule has 190 valence electrons. The molecule has 6 heteroatoms. The Labute approximate surface area is 226 Å². The number of carbonyl (C=O) groups is 2. The number of rotatable bonds is 6. The number of carbonyl (C=O) groups excluding carboxylic acids is 2. The molecule has 2 N–H and O–H groups in total. The van der Waals surface area contributed by atoms with Gasteiger partial charge in [-0.3, -0.25) is 15.1 Å². The first-order chi connectivity index (χ1) is 18.5. The number of nitrogens with one attached hydrogen (secondary N) is 2. The summed E-state index contributed by atoms with van der Waals surface area (Å²) in [4.78, 5) is 28.8. The Morgan fingerprint density at radius 2 is 1.50 bits per heavy atom. The lowest BCUT2D eigenvalue weighted by atomic mass is 10.0. The van der Waals surface area contributed by atoms with Crippen molar-refractivity contribution in [1.29, 1.82) is 0 Å². The van der Waals surface area contributed by atoms with E-state index in [9.17, 15) is 9.59 Å². The molecule has 0 aliphatic rings. The number of hydrazine groups is 1. The van der Waals surface area contributed by atoms with Gasteiger partial charge >= 0.3 is 6.03 Å². The van der Waals surface area contributed by atoms with E-state index in [1.165, 1.54) is 11.3 Å². The van der Waals surface area contributed by atoms with Gasteiger partial charge in [-0.25, -0.2) is 10.2 Å². The van der Waals surface area contributed by atoms with E-state index in [0.717, 1.165) is 38.0 Å². The summed E-state index contributed by atoms with van der Waals surface area (Å²) in [7, 11) is 0. The van der Waals surface area contributed by atoms with Crippen LogP contribution in [0.3, 0.4) is 0 Å². The zero-order valence-corrected chi connectivity index (χ0v) is 22.2. The lowest BCUT2D eigenvalue weighted by molar-refractivity contribution is 0.0937. The SMILES string of the molecule is CC(C)CN(C(=O)NNC(=O)c1csc(-c2cccc3ccccc23)c1)c1cccc(-c2ccccc2)c1. The number of urea groups is 1. The molecule has 0 aliphatic heterocycles. The van der Waals surface area contributed by atoms with Crippen LogP contribution in [0.5, 0.6) is 0 Å². The maximum atomic E-state index is 13.2. The van der Waals surface area contributed by atoms with E-state index in [0.29, 0.717) is 12.1 Å². The molecule has 0 radical (unpaired) electrons. The summed E-state index contributed by atoms with van der Waals surface area (Å²) in [6.45, 7) is 4.61. The van der Waals surface area contributed by atoms with Crippen LogP contribution in [-0.2, 0) is 0 Å². The minimum absolute atomic E-state index is 0.233. The Balaban J connectivity index is 1.31. The average molecular weight is 520 g/mol. The molecule has 0 fully saturated rings. The third-order valence-corrected chi connectivity index (χ3v) is 7.22. The number of thiophene rings is 1. The maximum Gasteiger partial charge on any atom is 0.340 e. The second kappa shape index (κ2) is 11.3. The summed E-state index contributed by atoms with van der Waals surface area (Å²) in [6, 6.07) is 33.7. The molecule has 0 spiro atoms. The molecule has 4 aromatic carbocycles. The minimum Gasteiger partial charge on any atom is -0.293 e. The molecule has 3 amide bonds. The molecule has 5 rings (SSSR count). The van der Waals surface area contributed by atoms with Gasteiger partial charge in [0.05, 0.1) is 5.56 Å².